The third kappa shape index (κ3) is 7.10. The third-order valence-corrected chi connectivity index (χ3v) is 4.35. The summed E-state index contributed by atoms with van der Waals surface area (Å²) in [6.45, 7) is 6.56. The molecule has 4 nitrogen and oxygen atoms in total. The van der Waals surface area contributed by atoms with Crippen LogP contribution in [0, 0.1) is 5.82 Å². The summed E-state index contributed by atoms with van der Waals surface area (Å²) in [6.07, 6.45) is 3.67. The second kappa shape index (κ2) is 9.63. The Morgan fingerprint density at radius 2 is 1.78 bits per heavy atom. The molecule has 1 aliphatic rings. The molecule has 0 aromatic heterocycles. The molecular weight excluding hydrogens is 293 g/mol. The molecule has 0 aliphatic carbocycles. The molecule has 0 unspecified atom stereocenters. The quantitative estimate of drug-likeness (QED) is 0.743. The molecule has 0 radical (unpaired) electrons. The van der Waals surface area contributed by atoms with E-state index in [1.165, 1.54) is 44.7 Å². The lowest BCUT2D eigenvalue weighted by Gasteiger charge is -2.32. The van der Waals surface area contributed by atoms with E-state index in [4.69, 9.17) is 0 Å². The van der Waals surface area contributed by atoms with Crippen LogP contribution in [0.25, 0.3) is 0 Å². The Balaban J connectivity index is 1.48. The topological polar surface area (TPSA) is 35.6 Å². The number of piperazine rings is 1. The second-order valence-corrected chi connectivity index (χ2v) is 6.36. The van der Waals surface area contributed by atoms with Gasteiger partial charge < -0.3 is 15.1 Å². The molecule has 1 aliphatic heterocycles. The summed E-state index contributed by atoms with van der Waals surface area (Å²) in [7, 11) is 2.17. The number of amides is 1. The SMILES string of the molecule is CN1CCN(CCCCCNC(=O)Cc2ccc(F)cc2)CC1. The van der Waals surface area contributed by atoms with Crippen molar-refractivity contribution < 1.29 is 9.18 Å². The van der Waals surface area contributed by atoms with Crippen LogP contribution in [0.4, 0.5) is 4.39 Å². The molecule has 1 saturated heterocycles. The van der Waals surface area contributed by atoms with Gasteiger partial charge in [0.15, 0.2) is 0 Å². The molecular formula is C18H28FN3O. The molecule has 1 heterocycles. The number of nitrogens with zero attached hydrogens (tertiary/aromatic N) is 2. The van der Waals surface area contributed by atoms with Gasteiger partial charge in [0.25, 0.3) is 0 Å². The van der Waals surface area contributed by atoms with E-state index >= 15 is 0 Å². The van der Waals surface area contributed by atoms with Crippen LogP contribution in [-0.2, 0) is 11.2 Å². The summed E-state index contributed by atoms with van der Waals surface area (Å²) in [5, 5.41) is 2.94. The van der Waals surface area contributed by atoms with Crippen molar-refractivity contribution in [3.05, 3.63) is 35.6 Å². The van der Waals surface area contributed by atoms with E-state index in [0.29, 0.717) is 6.42 Å². The Morgan fingerprint density at radius 3 is 2.48 bits per heavy atom. The zero-order chi connectivity index (χ0) is 16.5. The number of nitrogens with one attached hydrogen (secondary N) is 1. The lowest BCUT2D eigenvalue weighted by molar-refractivity contribution is -0.120. The average Bonchev–Trinajstić information content (AvgIpc) is 2.54. The molecule has 2 rings (SSSR count). The molecule has 0 spiro atoms. The van der Waals surface area contributed by atoms with Crippen LogP contribution in [0.1, 0.15) is 24.8 Å². The Hall–Kier alpha value is -1.46. The number of carbonyl (C=O) groups is 1. The molecule has 0 bridgehead atoms. The Kier molecular flexibility index (Phi) is 7.49. The summed E-state index contributed by atoms with van der Waals surface area (Å²) in [4.78, 5) is 16.7. The van der Waals surface area contributed by atoms with Gasteiger partial charge in [0.05, 0.1) is 6.42 Å². The van der Waals surface area contributed by atoms with Gasteiger partial charge in [0, 0.05) is 32.7 Å². The van der Waals surface area contributed by atoms with Gasteiger partial charge in [-0.15, -0.1) is 0 Å². The highest BCUT2D eigenvalue weighted by Gasteiger charge is 2.12. The minimum Gasteiger partial charge on any atom is -0.356 e. The monoisotopic (exact) mass is 321 g/mol. The molecule has 128 valence electrons. The van der Waals surface area contributed by atoms with E-state index in [1.54, 1.807) is 12.1 Å². The van der Waals surface area contributed by atoms with E-state index in [2.05, 4.69) is 22.2 Å². The first-order chi connectivity index (χ1) is 11.1. The highest BCUT2D eigenvalue weighted by molar-refractivity contribution is 5.78. The third-order valence-electron chi connectivity index (χ3n) is 4.35. The molecule has 0 saturated carbocycles. The zero-order valence-corrected chi connectivity index (χ0v) is 14.1. The first-order valence-corrected chi connectivity index (χ1v) is 8.55. The zero-order valence-electron chi connectivity index (χ0n) is 14.1. The summed E-state index contributed by atoms with van der Waals surface area (Å²) in [6, 6.07) is 6.10. The van der Waals surface area contributed by atoms with Crippen molar-refractivity contribution in [2.75, 3.05) is 46.3 Å². The van der Waals surface area contributed by atoms with Gasteiger partial charge in [-0.1, -0.05) is 18.6 Å². The maximum Gasteiger partial charge on any atom is 0.224 e. The number of carbonyl (C=O) groups excluding carboxylic acids is 1. The minimum atomic E-state index is -0.269. The van der Waals surface area contributed by atoms with Gasteiger partial charge in [-0.25, -0.2) is 4.39 Å². The first-order valence-electron chi connectivity index (χ1n) is 8.55. The lowest BCUT2D eigenvalue weighted by atomic mass is 10.1. The van der Waals surface area contributed by atoms with Crippen molar-refractivity contribution in [2.45, 2.75) is 25.7 Å². The van der Waals surface area contributed by atoms with Gasteiger partial charge in [-0.3, -0.25) is 4.79 Å². The Morgan fingerprint density at radius 1 is 1.09 bits per heavy atom. The molecule has 1 N–H and O–H groups in total. The number of benzene rings is 1. The summed E-state index contributed by atoms with van der Waals surface area (Å²) in [5.41, 5.74) is 0.846. The fourth-order valence-electron chi connectivity index (χ4n) is 2.79. The fraction of sp³-hybridized carbons (Fsp3) is 0.611. The van der Waals surface area contributed by atoms with Crippen LogP contribution >= 0.6 is 0 Å². The number of hydrogen-bond acceptors (Lipinski definition) is 3. The van der Waals surface area contributed by atoms with Crippen LogP contribution in [0.5, 0.6) is 0 Å². The summed E-state index contributed by atoms with van der Waals surface area (Å²) >= 11 is 0. The van der Waals surface area contributed by atoms with Crippen molar-refractivity contribution in [2.24, 2.45) is 0 Å². The Bertz CT molecular complexity index is 470. The number of hydrogen-bond donors (Lipinski definition) is 1. The Labute approximate surface area is 138 Å². The normalized spacial score (nSPS) is 16.4. The minimum absolute atomic E-state index is 0.00989. The smallest absolute Gasteiger partial charge is 0.224 e. The summed E-state index contributed by atoms with van der Waals surface area (Å²) in [5.74, 6) is -0.259. The van der Waals surface area contributed by atoms with E-state index in [-0.39, 0.29) is 11.7 Å². The molecule has 5 heteroatoms. The van der Waals surface area contributed by atoms with E-state index in [9.17, 15) is 9.18 Å². The predicted molar refractivity (Wildman–Crippen MR) is 90.9 cm³/mol. The van der Waals surface area contributed by atoms with Crippen LogP contribution in [0.15, 0.2) is 24.3 Å². The molecule has 1 amide bonds. The van der Waals surface area contributed by atoms with Crippen molar-refractivity contribution in [1.29, 1.82) is 0 Å². The summed E-state index contributed by atoms with van der Waals surface area (Å²) < 4.78 is 12.8. The van der Waals surface area contributed by atoms with Crippen molar-refractivity contribution >= 4 is 5.91 Å². The van der Waals surface area contributed by atoms with E-state index < -0.39 is 0 Å². The highest BCUT2D eigenvalue weighted by Crippen LogP contribution is 2.04. The average molecular weight is 321 g/mol. The second-order valence-electron chi connectivity index (χ2n) is 6.36. The van der Waals surface area contributed by atoms with Crippen molar-refractivity contribution in [1.82, 2.24) is 15.1 Å². The van der Waals surface area contributed by atoms with Crippen LogP contribution in [-0.4, -0.2) is 62.0 Å². The van der Waals surface area contributed by atoms with Gasteiger partial charge in [0.2, 0.25) is 5.91 Å². The predicted octanol–water partition coefficient (Wildman–Crippen LogP) is 1.90. The standard InChI is InChI=1S/C18H28FN3O/c1-21-11-13-22(14-12-21)10-4-2-3-9-20-18(23)15-16-5-7-17(19)8-6-16/h5-8H,2-4,9-15H2,1H3,(H,20,23). The van der Waals surface area contributed by atoms with E-state index in [0.717, 1.165) is 31.5 Å². The van der Waals surface area contributed by atoms with Crippen LogP contribution in [0.3, 0.4) is 0 Å². The molecule has 1 aromatic rings. The fourth-order valence-corrected chi connectivity index (χ4v) is 2.79. The van der Waals surface area contributed by atoms with Crippen molar-refractivity contribution in [3.63, 3.8) is 0 Å². The van der Waals surface area contributed by atoms with Gasteiger partial charge in [0.1, 0.15) is 5.82 Å². The largest absolute Gasteiger partial charge is 0.356 e. The highest BCUT2D eigenvalue weighted by atomic mass is 19.1. The number of likely N-dealkylation sites (N-methyl/N-ethyl adjacent to an activating group) is 1. The van der Waals surface area contributed by atoms with Crippen molar-refractivity contribution in [3.8, 4) is 0 Å². The molecule has 0 atom stereocenters. The van der Waals surface area contributed by atoms with Crippen LogP contribution in [0.2, 0.25) is 0 Å². The number of rotatable bonds is 8. The van der Waals surface area contributed by atoms with Crippen LogP contribution < -0.4 is 5.32 Å². The molecule has 23 heavy (non-hydrogen) atoms. The molecule has 1 aromatic carbocycles. The lowest BCUT2D eigenvalue weighted by Crippen LogP contribution is -2.44. The molecule has 1 fully saturated rings. The van der Waals surface area contributed by atoms with Gasteiger partial charge in [-0.05, 0) is 44.1 Å². The number of halogens is 1. The van der Waals surface area contributed by atoms with Gasteiger partial charge in [-0.2, -0.15) is 0 Å². The first kappa shape index (κ1) is 17.9. The van der Waals surface area contributed by atoms with Gasteiger partial charge >= 0.3 is 0 Å². The maximum absolute atomic E-state index is 12.8. The number of unbranched alkanes of at least 4 members (excludes halogenated alkanes) is 2. The van der Waals surface area contributed by atoms with E-state index in [1.807, 2.05) is 0 Å². The maximum atomic E-state index is 12.8.